The summed E-state index contributed by atoms with van der Waals surface area (Å²) in [5, 5.41) is 12.7. The van der Waals surface area contributed by atoms with Crippen molar-refractivity contribution in [1.29, 1.82) is 0 Å². The van der Waals surface area contributed by atoms with Gasteiger partial charge in [0.2, 0.25) is 5.91 Å². The fourth-order valence-corrected chi connectivity index (χ4v) is 3.64. The van der Waals surface area contributed by atoms with Crippen molar-refractivity contribution in [3.63, 3.8) is 0 Å². The average molecular weight is 314 g/mol. The van der Waals surface area contributed by atoms with Gasteiger partial charge in [0, 0.05) is 32.1 Å². The van der Waals surface area contributed by atoms with E-state index in [1.807, 2.05) is 24.0 Å². The molecule has 2 aromatic heterocycles. The van der Waals surface area contributed by atoms with Crippen LogP contribution in [-0.2, 0) is 4.79 Å². The molecule has 0 spiro atoms. The summed E-state index contributed by atoms with van der Waals surface area (Å²) in [4.78, 5) is 16.8. The van der Waals surface area contributed by atoms with Crippen LogP contribution in [0.4, 0.5) is 5.82 Å². The molecule has 1 saturated heterocycles. The third-order valence-corrected chi connectivity index (χ3v) is 5.02. The van der Waals surface area contributed by atoms with Crippen LogP contribution in [0.1, 0.15) is 31.5 Å². The van der Waals surface area contributed by atoms with Crippen LogP contribution in [0, 0.1) is 12.8 Å². The van der Waals surface area contributed by atoms with E-state index in [4.69, 9.17) is 0 Å². The molecule has 0 aromatic carbocycles. The van der Waals surface area contributed by atoms with Crippen LogP contribution in [-0.4, -0.2) is 56.8 Å². The Morgan fingerprint density at radius 3 is 2.57 bits per heavy atom. The van der Waals surface area contributed by atoms with Crippen LogP contribution in [0.3, 0.4) is 0 Å². The van der Waals surface area contributed by atoms with Gasteiger partial charge in [0.05, 0.1) is 0 Å². The molecule has 7 nitrogen and oxygen atoms in total. The Morgan fingerprint density at radius 2 is 1.83 bits per heavy atom. The second-order valence-electron chi connectivity index (χ2n) is 6.50. The number of rotatable bonds is 2. The van der Waals surface area contributed by atoms with Crippen LogP contribution in [0.2, 0.25) is 0 Å². The fraction of sp³-hybridized carbons (Fsp3) is 0.625. The van der Waals surface area contributed by atoms with E-state index in [1.165, 1.54) is 12.8 Å². The van der Waals surface area contributed by atoms with Crippen molar-refractivity contribution >= 4 is 17.4 Å². The highest BCUT2D eigenvalue weighted by molar-refractivity contribution is 5.79. The van der Waals surface area contributed by atoms with Crippen molar-refractivity contribution in [3.8, 4) is 0 Å². The summed E-state index contributed by atoms with van der Waals surface area (Å²) in [6.45, 7) is 5.14. The second kappa shape index (κ2) is 5.79. The number of hydrogen-bond acceptors (Lipinski definition) is 5. The molecule has 1 saturated carbocycles. The number of carbonyl (C=O) groups excluding carboxylic acids is 1. The SMILES string of the molecule is Cc1nnc2ccc(N3CCN(C(=O)C4CCCC4)CC3)nn12. The summed E-state index contributed by atoms with van der Waals surface area (Å²) < 4.78 is 1.77. The number of aryl methyl sites for hydroxylation is 1. The summed E-state index contributed by atoms with van der Waals surface area (Å²) in [6.07, 6.45) is 4.56. The van der Waals surface area contributed by atoms with E-state index in [2.05, 4.69) is 20.2 Å². The maximum Gasteiger partial charge on any atom is 0.225 e. The van der Waals surface area contributed by atoms with Gasteiger partial charge in [0.15, 0.2) is 11.5 Å². The second-order valence-corrected chi connectivity index (χ2v) is 6.50. The first-order valence-electron chi connectivity index (χ1n) is 8.45. The van der Waals surface area contributed by atoms with Gasteiger partial charge >= 0.3 is 0 Å². The molecule has 0 atom stereocenters. The predicted molar refractivity (Wildman–Crippen MR) is 86.3 cm³/mol. The molecule has 0 radical (unpaired) electrons. The molecule has 0 bridgehead atoms. The molecule has 2 aromatic rings. The van der Waals surface area contributed by atoms with Crippen LogP contribution in [0.25, 0.3) is 5.65 Å². The van der Waals surface area contributed by atoms with Crippen molar-refractivity contribution in [2.75, 3.05) is 31.1 Å². The lowest BCUT2D eigenvalue weighted by Gasteiger charge is -2.36. The van der Waals surface area contributed by atoms with E-state index >= 15 is 0 Å². The number of anilines is 1. The Hall–Kier alpha value is -2.18. The van der Waals surface area contributed by atoms with Gasteiger partial charge in [-0.05, 0) is 31.9 Å². The molecule has 2 aliphatic rings. The van der Waals surface area contributed by atoms with E-state index in [0.717, 1.165) is 56.3 Å². The third kappa shape index (κ3) is 2.64. The van der Waals surface area contributed by atoms with Crippen molar-refractivity contribution in [2.24, 2.45) is 5.92 Å². The van der Waals surface area contributed by atoms with Crippen molar-refractivity contribution in [2.45, 2.75) is 32.6 Å². The Morgan fingerprint density at radius 1 is 1.09 bits per heavy atom. The summed E-state index contributed by atoms with van der Waals surface area (Å²) in [6, 6.07) is 3.93. The molecule has 1 aliphatic heterocycles. The molecule has 23 heavy (non-hydrogen) atoms. The van der Waals surface area contributed by atoms with Gasteiger partial charge < -0.3 is 9.80 Å². The monoisotopic (exact) mass is 314 g/mol. The maximum absolute atomic E-state index is 12.5. The molecule has 1 amide bonds. The van der Waals surface area contributed by atoms with Crippen LogP contribution >= 0.6 is 0 Å². The number of carbonyl (C=O) groups is 1. The smallest absolute Gasteiger partial charge is 0.225 e. The molecule has 1 aliphatic carbocycles. The van der Waals surface area contributed by atoms with E-state index in [0.29, 0.717) is 5.91 Å². The summed E-state index contributed by atoms with van der Waals surface area (Å²) in [5.74, 6) is 2.35. The molecule has 4 rings (SSSR count). The minimum absolute atomic E-state index is 0.274. The van der Waals surface area contributed by atoms with Gasteiger partial charge in [-0.1, -0.05) is 12.8 Å². The molecule has 0 unspecified atom stereocenters. The average Bonchev–Trinajstić information content (AvgIpc) is 3.25. The van der Waals surface area contributed by atoms with Crippen LogP contribution in [0.15, 0.2) is 12.1 Å². The standard InChI is InChI=1S/C16H22N6O/c1-12-17-18-14-6-7-15(19-22(12)14)20-8-10-21(11-9-20)16(23)13-4-2-3-5-13/h6-7,13H,2-5,8-11H2,1H3. The number of fused-ring (bicyclic) bond motifs is 1. The first-order valence-corrected chi connectivity index (χ1v) is 8.45. The number of piperazine rings is 1. The molecular weight excluding hydrogens is 292 g/mol. The highest BCUT2D eigenvalue weighted by Crippen LogP contribution is 2.27. The lowest BCUT2D eigenvalue weighted by Crippen LogP contribution is -2.50. The first kappa shape index (κ1) is 14.4. The first-order chi connectivity index (χ1) is 11.2. The topological polar surface area (TPSA) is 66.6 Å². The zero-order chi connectivity index (χ0) is 15.8. The molecule has 3 heterocycles. The summed E-state index contributed by atoms with van der Waals surface area (Å²) >= 11 is 0. The normalized spacial score (nSPS) is 19.7. The van der Waals surface area contributed by atoms with E-state index in [9.17, 15) is 4.79 Å². The van der Waals surface area contributed by atoms with E-state index in [-0.39, 0.29) is 5.92 Å². The van der Waals surface area contributed by atoms with Gasteiger partial charge in [0.1, 0.15) is 5.82 Å². The van der Waals surface area contributed by atoms with Crippen LogP contribution < -0.4 is 4.90 Å². The molecule has 7 heteroatoms. The highest BCUT2D eigenvalue weighted by atomic mass is 16.2. The van der Waals surface area contributed by atoms with E-state index < -0.39 is 0 Å². The molecule has 2 fully saturated rings. The predicted octanol–water partition coefficient (Wildman–Crippen LogP) is 1.27. The largest absolute Gasteiger partial charge is 0.352 e. The zero-order valence-electron chi connectivity index (χ0n) is 13.5. The lowest BCUT2D eigenvalue weighted by molar-refractivity contribution is -0.135. The third-order valence-electron chi connectivity index (χ3n) is 5.02. The zero-order valence-corrected chi connectivity index (χ0v) is 13.5. The van der Waals surface area contributed by atoms with Crippen molar-refractivity contribution in [3.05, 3.63) is 18.0 Å². The molecule has 0 N–H and O–H groups in total. The van der Waals surface area contributed by atoms with E-state index in [1.54, 1.807) is 4.52 Å². The van der Waals surface area contributed by atoms with Gasteiger partial charge in [-0.15, -0.1) is 15.3 Å². The Labute approximate surface area is 135 Å². The minimum atomic E-state index is 0.274. The number of aromatic nitrogens is 4. The quantitative estimate of drug-likeness (QED) is 0.835. The van der Waals surface area contributed by atoms with Gasteiger partial charge in [-0.3, -0.25) is 4.79 Å². The maximum atomic E-state index is 12.5. The summed E-state index contributed by atoms with van der Waals surface area (Å²) in [7, 11) is 0. The Bertz CT molecular complexity index is 712. The number of amides is 1. The lowest BCUT2D eigenvalue weighted by atomic mass is 10.1. The highest BCUT2D eigenvalue weighted by Gasteiger charge is 2.29. The summed E-state index contributed by atoms with van der Waals surface area (Å²) in [5.41, 5.74) is 0.765. The van der Waals surface area contributed by atoms with Gasteiger partial charge in [-0.2, -0.15) is 4.52 Å². The Balaban J connectivity index is 1.43. The van der Waals surface area contributed by atoms with Crippen molar-refractivity contribution < 1.29 is 4.79 Å². The fourth-order valence-electron chi connectivity index (χ4n) is 3.64. The van der Waals surface area contributed by atoms with Crippen LogP contribution in [0.5, 0.6) is 0 Å². The van der Waals surface area contributed by atoms with Crippen molar-refractivity contribution in [1.82, 2.24) is 24.7 Å². The number of nitrogens with zero attached hydrogens (tertiary/aromatic N) is 6. The number of hydrogen-bond donors (Lipinski definition) is 0. The Kier molecular flexibility index (Phi) is 3.63. The van der Waals surface area contributed by atoms with Gasteiger partial charge in [0.25, 0.3) is 0 Å². The molecular formula is C16H22N6O. The molecule has 122 valence electrons. The minimum Gasteiger partial charge on any atom is -0.352 e. The van der Waals surface area contributed by atoms with Gasteiger partial charge in [-0.25, -0.2) is 0 Å².